The van der Waals surface area contributed by atoms with Crippen molar-refractivity contribution in [2.45, 2.75) is 13.2 Å². The van der Waals surface area contributed by atoms with Gasteiger partial charge < -0.3 is 10.2 Å². The molecule has 24 heavy (non-hydrogen) atoms. The second kappa shape index (κ2) is 6.91. The Labute approximate surface area is 138 Å². The summed E-state index contributed by atoms with van der Waals surface area (Å²) in [4.78, 5) is 0. The van der Waals surface area contributed by atoms with Crippen molar-refractivity contribution in [1.29, 1.82) is 0 Å². The van der Waals surface area contributed by atoms with Gasteiger partial charge in [-0.15, -0.1) is 0 Å². The van der Waals surface area contributed by atoms with Crippen LogP contribution in [0.25, 0.3) is 22.3 Å². The van der Waals surface area contributed by atoms with Gasteiger partial charge in [-0.25, -0.2) is 8.78 Å². The van der Waals surface area contributed by atoms with Gasteiger partial charge in [0.05, 0.1) is 13.2 Å². The normalized spacial score (nSPS) is 10.8. The lowest BCUT2D eigenvalue weighted by molar-refractivity contribution is 0.279. The van der Waals surface area contributed by atoms with Gasteiger partial charge in [0, 0.05) is 0 Å². The molecule has 2 nitrogen and oxygen atoms in total. The molecule has 2 N–H and O–H groups in total. The van der Waals surface area contributed by atoms with Crippen LogP contribution >= 0.6 is 0 Å². The molecule has 3 aromatic rings. The molecule has 0 fully saturated rings. The van der Waals surface area contributed by atoms with Gasteiger partial charge in [0.15, 0.2) is 0 Å². The first-order chi connectivity index (χ1) is 11.6. The summed E-state index contributed by atoms with van der Waals surface area (Å²) < 4.78 is 26.5. The number of aliphatic hydroxyl groups is 2. The van der Waals surface area contributed by atoms with E-state index in [-0.39, 0.29) is 24.8 Å². The third kappa shape index (κ3) is 3.07. The van der Waals surface area contributed by atoms with E-state index in [0.717, 1.165) is 11.1 Å². The van der Waals surface area contributed by atoms with Gasteiger partial charge in [0.2, 0.25) is 0 Å². The van der Waals surface area contributed by atoms with Crippen LogP contribution in [0.5, 0.6) is 0 Å². The Bertz CT molecular complexity index is 768. The van der Waals surface area contributed by atoms with E-state index >= 15 is 0 Å². The molecule has 0 saturated carbocycles. The second-order valence-corrected chi connectivity index (χ2v) is 5.46. The van der Waals surface area contributed by atoms with Gasteiger partial charge >= 0.3 is 0 Å². The van der Waals surface area contributed by atoms with Crippen molar-refractivity contribution in [3.05, 3.63) is 83.4 Å². The first-order valence-electron chi connectivity index (χ1n) is 7.52. The Morgan fingerprint density at radius 1 is 0.542 bits per heavy atom. The van der Waals surface area contributed by atoms with Gasteiger partial charge in [-0.3, -0.25) is 0 Å². The monoisotopic (exact) mass is 326 g/mol. The maximum absolute atomic E-state index is 13.3. The summed E-state index contributed by atoms with van der Waals surface area (Å²) in [5.41, 5.74) is 4.15. The fourth-order valence-corrected chi connectivity index (χ4v) is 2.85. The molecular weight excluding hydrogens is 310 g/mol. The van der Waals surface area contributed by atoms with E-state index in [4.69, 9.17) is 0 Å². The zero-order valence-electron chi connectivity index (χ0n) is 12.8. The molecule has 0 aliphatic heterocycles. The first-order valence-corrected chi connectivity index (χ1v) is 7.52. The Balaban J connectivity index is 2.32. The summed E-state index contributed by atoms with van der Waals surface area (Å²) in [6, 6.07) is 15.3. The highest BCUT2D eigenvalue weighted by atomic mass is 19.1. The lowest BCUT2D eigenvalue weighted by atomic mass is 9.87. The average molecular weight is 326 g/mol. The number of rotatable bonds is 4. The van der Waals surface area contributed by atoms with Crippen LogP contribution in [0.3, 0.4) is 0 Å². The number of hydrogen-bond acceptors (Lipinski definition) is 2. The van der Waals surface area contributed by atoms with Gasteiger partial charge in [-0.05, 0) is 57.6 Å². The fraction of sp³-hybridized carbons (Fsp3) is 0.100. The predicted octanol–water partition coefficient (Wildman–Crippen LogP) is 4.28. The number of benzene rings is 3. The van der Waals surface area contributed by atoms with E-state index in [1.807, 2.05) is 0 Å². The molecule has 0 amide bonds. The summed E-state index contributed by atoms with van der Waals surface area (Å²) in [6.45, 7) is -0.404. The number of aliphatic hydroxyl groups excluding tert-OH is 2. The molecule has 0 unspecified atom stereocenters. The van der Waals surface area contributed by atoms with Crippen LogP contribution in [0.2, 0.25) is 0 Å². The minimum atomic E-state index is -0.356. The smallest absolute Gasteiger partial charge is 0.123 e. The van der Waals surface area contributed by atoms with Gasteiger partial charge in [0.1, 0.15) is 11.6 Å². The first kappa shape index (κ1) is 16.3. The maximum atomic E-state index is 13.3. The standard InChI is InChI=1S/C20H16F2O2/c21-17-7-3-13(4-8-17)19-15(11-23)1-2-16(12-24)20(19)14-5-9-18(22)10-6-14/h1-10,23-24H,11-12H2. The minimum absolute atomic E-state index is 0.202. The zero-order valence-corrected chi connectivity index (χ0v) is 12.8. The van der Waals surface area contributed by atoms with Crippen LogP contribution in [0.1, 0.15) is 11.1 Å². The van der Waals surface area contributed by atoms with Crippen molar-refractivity contribution in [3.8, 4) is 22.3 Å². The van der Waals surface area contributed by atoms with E-state index < -0.39 is 0 Å². The SMILES string of the molecule is OCc1ccc(CO)c(-c2ccc(F)cc2)c1-c1ccc(F)cc1. The lowest BCUT2D eigenvalue weighted by Crippen LogP contribution is -1.99. The molecule has 0 aromatic heterocycles. The van der Waals surface area contributed by atoms with Crippen molar-refractivity contribution in [3.63, 3.8) is 0 Å². The molecular formula is C20H16F2O2. The highest BCUT2D eigenvalue weighted by Gasteiger charge is 2.16. The van der Waals surface area contributed by atoms with E-state index in [1.165, 1.54) is 24.3 Å². The average Bonchev–Trinajstić information content (AvgIpc) is 2.62. The van der Waals surface area contributed by atoms with E-state index in [9.17, 15) is 19.0 Å². The number of halogens is 2. The van der Waals surface area contributed by atoms with Crippen LogP contribution in [0, 0.1) is 11.6 Å². The molecule has 0 radical (unpaired) electrons. The third-order valence-corrected chi connectivity index (χ3v) is 3.98. The summed E-state index contributed by atoms with van der Waals surface area (Å²) >= 11 is 0. The highest BCUT2D eigenvalue weighted by Crippen LogP contribution is 2.38. The number of hydrogen-bond donors (Lipinski definition) is 2. The molecule has 0 saturated heterocycles. The molecule has 122 valence electrons. The summed E-state index contributed by atoms with van der Waals surface area (Å²) in [5.74, 6) is -0.711. The highest BCUT2D eigenvalue weighted by molar-refractivity contribution is 5.87. The van der Waals surface area contributed by atoms with Crippen molar-refractivity contribution in [1.82, 2.24) is 0 Å². The largest absolute Gasteiger partial charge is 0.392 e. The molecule has 3 rings (SSSR count). The maximum Gasteiger partial charge on any atom is 0.123 e. The fourth-order valence-electron chi connectivity index (χ4n) is 2.85. The second-order valence-electron chi connectivity index (χ2n) is 5.46. The van der Waals surface area contributed by atoms with E-state index in [2.05, 4.69) is 0 Å². The van der Waals surface area contributed by atoms with Crippen molar-refractivity contribution in [2.24, 2.45) is 0 Å². The lowest BCUT2D eigenvalue weighted by Gasteiger charge is -2.18. The van der Waals surface area contributed by atoms with Crippen LogP contribution in [0.15, 0.2) is 60.7 Å². The van der Waals surface area contributed by atoms with Crippen LogP contribution in [0.4, 0.5) is 8.78 Å². The van der Waals surface area contributed by atoms with E-state index in [0.29, 0.717) is 22.3 Å². The quantitative estimate of drug-likeness (QED) is 0.751. The minimum Gasteiger partial charge on any atom is -0.392 e. The van der Waals surface area contributed by atoms with Gasteiger partial charge in [-0.1, -0.05) is 36.4 Å². The van der Waals surface area contributed by atoms with E-state index in [1.54, 1.807) is 36.4 Å². The van der Waals surface area contributed by atoms with Crippen molar-refractivity contribution >= 4 is 0 Å². The Morgan fingerprint density at radius 3 is 1.17 bits per heavy atom. The Hall–Kier alpha value is -2.56. The molecule has 0 heterocycles. The molecule has 0 bridgehead atoms. The molecule has 4 heteroatoms. The van der Waals surface area contributed by atoms with Gasteiger partial charge in [0.25, 0.3) is 0 Å². The third-order valence-electron chi connectivity index (χ3n) is 3.98. The summed E-state index contributed by atoms with van der Waals surface area (Å²) in [7, 11) is 0. The van der Waals surface area contributed by atoms with Crippen LogP contribution in [-0.2, 0) is 13.2 Å². The molecule has 0 aliphatic carbocycles. The topological polar surface area (TPSA) is 40.5 Å². The predicted molar refractivity (Wildman–Crippen MR) is 89.1 cm³/mol. The summed E-state index contributed by atoms with van der Waals surface area (Å²) in [6.07, 6.45) is 0. The molecule has 0 atom stereocenters. The molecule has 0 spiro atoms. The van der Waals surface area contributed by atoms with Crippen LogP contribution in [-0.4, -0.2) is 10.2 Å². The van der Waals surface area contributed by atoms with Crippen LogP contribution < -0.4 is 0 Å². The zero-order chi connectivity index (χ0) is 17.1. The molecule has 0 aliphatic rings. The van der Waals surface area contributed by atoms with Crippen molar-refractivity contribution < 1.29 is 19.0 Å². The van der Waals surface area contributed by atoms with Crippen molar-refractivity contribution in [2.75, 3.05) is 0 Å². The van der Waals surface area contributed by atoms with Gasteiger partial charge in [-0.2, -0.15) is 0 Å². The summed E-state index contributed by atoms with van der Waals surface area (Å²) in [5, 5.41) is 19.4. The Kier molecular flexibility index (Phi) is 4.69. The molecule has 3 aromatic carbocycles. The Morgan fingerprint density at radius 2 is 0.875 bits per heavy atom.